The van der Waals surface area contributed by atoms with E-state index >= 15 is 0 Å². The second kappa shape index (κ2) is 7.70. The van der Waals surface area contributed by atoms with Crippen molar-refractivity contribution in [1.82, 2.24) is 14.3 Å². The van der Waals surface area contributed by atoms with E-state index in [1.807, 2.05) is 42.9 Å². The van der Waals surface area contributed by atoms with E-state index in [1.54, 1.807) is 6.20 Å². The Labute approximate surface area is 150 Å². The highest BCUT2D eigenvalue weighted by Crippen LogP contribution is 2.37. The molecule has 25 heavy (non-hydrogen) atoms. The fourth-order valence-corrected chi connectivity index (χ4v) is 5.29. The fraction of sp³-hybridized carbons (Fsp3) is 0.526. The van der Waals surface area contributed by atoms with Crippen LogP contribution in [-0.2, 0) is 10.0 Å². The smallest absolute Gasteiger partial charge is 0.218 e. The Morgan fingerprint density at radius 1 is 1.24 bits per heavy atom. The van der Waals surface area contributed by atoms with Crippen molar-refractivity contribution in [3.63, 3.8) is 0 Å². The van der Waals surface area contributed by atoms with Crippen LogP contribution in [-0.4, -0.2) is 24.5 Å². The summed E-state index contributed by atoms with van der Waals surface area (Å²) in [6, 6.07) is 9.99. The highest BCUT2D eigenvalue weighted by atomic mass is 32.2. The molecule has 3 rings (SSSR count). The molecule has 0 spiro atoms. The molecule has 1 saturated carbocycles. The Morgan fingerprint density at radius 2 is 1.96 bits per heavy atom. The molecule has 0 aliphatic heterocycles. The van der Waals surface area contributed by atoms with Gasteiger partial charge in [-0.1, -0.05) is 44.2 Å². The third-order valence-corrected chi connectivity index (χ3v) is 6.74. The SMILES string of the molecule is CC(C)CC(c1ccccc1)S(=O)(=O)NCC1CC(n2ccnc2)C1. The van der Waals surface area contributed by atoms with Gasteiger partial charge in [-0.3, -0.25) is 0 Å². The maximum absolute atomic E-state index is 12.9. The summed E-state index contributed by atoms with van der Waals surface area (Å²) in [6.45, 7) is 4.65. The molecule has 1 aliphatic carbocycles. The van der Waals surface area contributed by atoms with E-state index in [9.17, 15) is 8.42 Å². The molecule has 1 N–H and O–H groups in total. The van der Waals surface area contributed by atoms with Gasteiger partial charge < -0.3 is 4.57 Å². The number of sulfonamides is 1. The predicted molar refractivity (Wildman–Crippen MR) is 99.5 cm³/mol. The lowest BCUT2D eigenvalue weighted by molar-refractivity contribution is 0.199. The summed E-state index contributed by atoms with van der Waals surface area (Å²) in [6.07, 6.45) is 8.21. The molecule has 0 bridgehead atoms. The van der Waals surface area contributed by atoms with Gasteiger partial charge >= 0.3 is 0 Å². The lowest BCUT2D eigenvalue weighted by Gasteiger charge is -2.36. The van der Waals surface area contributed by atoms with Gasteiger partial charge in [-0.05, 0) is 36.7 Å². The van der Waals surface area contributed by atoms with Crippen molar-refractivity contribution in [2.75, 3.05) is 6.54 Å². The normalized spacial score (nSPS) is 21.9. The largest absolute Gasteiger partial charge is 0.334 e. The van der Waals surface area contributed by atoms with Crippen LogP contribution in [0.3, 0.4) is 0 Å². The minimum absolute atomic E-state index is 0.316. The lowest BCUT2D eigenvalue weighted by Crippen LogP contribution is -2.38. The van der Waals surface area contributed by atoms with Crippen LogP contribution in [0.15, 0.2) is 49.1 Å². The standard InChI is InChI=1S/C19H27N3O2S/c1-15(2)10-19(17-6-4-3-5-7-17)25(23,24)21-13-16-11-18(12-16)22-9-8-20-14-22/h3-9,14-16,18-19,21H,10-13H2,1-2H3. The number of benzene rings is 1. The van der Waals surface area contributed by atoms with Gasteiger partial charge in [0.1, 0.15) is 5.25 Å². The van der Waals surface area contributed by atoms with Crippen LogP contribution in [0.1, 0.15) is 50.0 Å². The van der Waals surface area contributed by atoms with Gasteiger partial charge in [0.05, 0.1) is 6.33 Å². The molecule has 1 aliphatic rings. The van der Waals surface area contributed by atoms with E-state index in [0.29, 0.717) is 30.8 Å². The summed E-state index contributed by atoms with van der Waals surface area (Å²) >= 11 is 0. The van der Waals surface area contributed by atoms with Gasteiger partial charge in [0.15, 0.2) is 0 Å². The van der Waals surface area contributed by atoms with Gasteiger partial charge in [0.25, 0.3) is 0 Å². The number of aromatic nitrogens is 2. The number of rotatable bonds is 8. The molecule has 0 saturated heterocycles. The molecule has 0 radical (unpaired) electrons. The van der Waals surface area contributed by atoms with Gasteiger partial charge in [-0.25, -0.2) is 18.1 Å². The number of nitrogens with one attached hydrogen (secondary N) is 1. The van der Waals surface area contributed by atoms with Crippen LogP contribution in [0.4, 0.5) is 0 Å². The van der Waals surface area contributed by atoms with Crippen LogP contribution in [0, 0.1) is 11.8 Å². The molecule has 1 unspecified atom stereocenters. The highest BCUT2D eigenvalue weighted by molar-refractivity contribution is 7.89. The van der Waals surface area contributed by atoms with Crippen LogP contribution in [0.2, 0.25) is 0 Å². The first kappa shape index (κ1) is 18.1. The monoisotopic (exact) mass is 361 g/mol. The molecule has 1 fully saturated rings. The first-order valence-corrected chi connectivity index (χ1v) is 10.5. The van der Waals surface area contributed by atoms with Crippen LogP contribution < -0.4 is 4.72 Å². The zero-order valence-electron chi connectivity index (χ0n) is 14.9. The zero-order valence-corrected chi connectivity index (χ0v) is 15.7. The summed E-state index contributed by atoms with van der Waals surface area (Å²) in [5.74, 6) is 0.716. The van der Waals surface area contributed by atoms with E-state index in [1.165, 1.54) is 0 Å². The number of hydrogen-bond donors (Lipinski definition) is 1. The van der Waals surface area contributed by atoms with Crippen LogP contribution in [0.5, 0.6) is 0 Å². The Kier molecular flexibility index (Phi) is 5.59. The maximum Gasteiger partial charge on any atom is 0.218 e. The van der Waals surface area contributed by atoms with E-state index in [-0.39, 0.29) is 0 Å². The molecule has 1 aromatic carbocycles. The molecule has 1 atom stereocenters. The van der Waals surface area contributed by atoms with Crippen molar-refractivity contribution in [3.05, 3.63) is 54.6 Å². The average Bonchev–Trinajstić information content (AvgIpc) is 3.05. The molecule has 2 aromatic rings. The topological polar surface area (TPSA) is 64.0 Å². The lowest BCUT2D eigenvalue weighted by atomic mass is 9.80. The highest BCUT2D eigenvalue weighted by Gasteiger charge is 2.33. The van der Waals surface area contributed by atoms with Gasteiger partial charge in [0.2, 0.25) is 10.0 Å². The fourth-order valence-electron chi connectivity index (χ4n) is 3.47. The summed E-state index contributed by atoms with van der Waals surface area (Å²) in [5.41, 5.74) is 0.869. The third-order valence-electron chi connectivity index (χ3n) is 4.96. The first-order chi connectivity index (χ1) is 12.0. The second-order valence-corrected chi connectivity index (χ2v) is 9.37. The molecular weight excluding hydrogens is 334 g/mol. The Bertz CT molecular complexity index is 751. The van der Waals surface area contributed by atoms with E-state index in [0.717, 1.165) is 18.4 Å². The Balaban J connectivity index is 1.59. The molecule has 5 nitrogen and oxygen atoms in total. The van der Waals surface area contributed by atoms with E-state index < -0.39 is 15.3 Å². The van der Waals surface area contributed by atoms with Crippen molar-refractivity contribution in [1.29, 1.82) is 0 Å². The molecule has 6 heteroatoms. The predicted octanol–water partition coefficient (Wildman–Crippen LogP) is 3.54. The van der Waals surface area contributed by atoms with Crippen LogP contribution in [0.25, 0.3) is 0 Å². The van der Waals surface area contributed by atoms with Gasteiger partial charge in [-0.15, -0.1) is 0 Å². The molecule has 1 heterocycles. The molecule has 136 valence electrons. The van der Waals surface area contributed by atoms with E-state index in [2.05, 4.69) is 28.1 Å². The Hall–Kier alpha value is -1.66. The summed E-state index contributed by atoms with van der Waals surface area (Å²) in [7, 11) is -3.38. The average molecular weight is 362 g/mol. The van der Waals surface area contributed by atoms with Gasteiger partial charge in [0, 0.05) is 25.0 Å². The number of nitrogens with zero attached hydrogens (tertiary/aromatic N) is 2. The quantitative estimate of drug-likeness (QED) is 0.782. The number of hydrogen-bond acceptors (Lipinski definition) is 3. The van der Waals surface area contributed by atoms with Gasteiger partial charge in [-0.2, -0.15) is 0 Å². The Morgan fingerprint density at radius 3 is 2.56 bits per heavy atom. The van der Waals surface area contributed by atoms with Crippen LogP contribution >= 0.6 is 0 Å². The molecule has 1 aromatic heterocycles. The minimum Gasteiger partial charge on any atom is -0.334 e. The van der Waals surface area contributed by atoms with Crippen molar-refractivity contribution < 1.29 is 8.42 Å². The third kappa shape index (κ3) is 4.50. The summed E-state index contributed by atoms with van der Waals surface area (Å²) in [5, 5.41) is -0.488. The summed E-state index contributed by atoms with van der Waals surface area (Å²) < 4.78 is 30.8. The number of imidazole rings is 1. The van der Waals surface area contributed by atoms with Crippen molar-refractivity contribution >= 4 is 10.0 Å². The maximum atomic E-state index is 12.9. The minimum atomic E-state index is -3.38. The first-order valence-electron chi connectivity index (χ1n) is 8.96. The summed E-state index contributed by atoms with van der Waals surface area (Å²) in [4.78, 5) is 4.07. The zero-order chi connectivity index (χ0) is 17.9. The van der Waals surface area contributed by atoms with E-state index in [4.69, 9.17) is 0 Å². The van der Waals surface area contributed by atoms with Crippen molar-refractivity contribution in [3.8, 4) is 0 Å². The van der Waals surface area contributed by atoms with Crippen molar-refractivity contribution in [2.24, 2.45) is 11.8 Å². The molecule has 0 amide bonds. The second-order valence-electron chi connectivity index (χ2n) is 7.42. The molecular formula is C19H27N3O2S. The van der Waals surface area contributed by atoms with Crippen molar-refractivity contribution in [2.45, 2.75) is 44.4 Å².